The predicted molar refractivity (Wildman–Crippen MR) is 129 cm³/mol. The molecule has 0 aromatic heterocycles. The van der Waals surface area contributed by atoms with Gasteiger partial charge in [-0.15, -0.1) is 0 Å². The maximum absolute atomic E-state index is 4.40. The van der Waals surface area contributed by atoms with E-state index in [1.54, 1.807) is 5.57 Å². The first-order valence-electron chi connectivity index (χ1n) is 11.6. The molecule has 0 aromatic rings. The Morgan fingerprint density at radius 3 is 2.60 bits per heavy atom. The molecule has 0 saturated heterocycles. The SMILES string of the molecule is C=C(CCC1=CC2C=C(CC3CCCC3)C=CC2=C1)C1=CC(=C)C2C=CC=CC2=C1. The van der Waals surface area contributed by atoms with E-state index in [-0.39, 0.29) is 0 Å². The fraction of sp³-hybridized carbons (Fsp3) is 0.333. The molecule has 0 aromatic carbocycles. The fourth-order valence-corrected chi connectivity index (χ4v) is 5.50. The highest BCUT2D eigenvalue weighted by molar-refractivity contribution is 5.56. The van der Waals surface area contributed by atoms with Gasteiger partial charge in [-0.2, -0.15) is 0 Å². The van der Waals surface area contributed by atoms with Gasteiger partial charge in [0, 0.05) is 11.8 Å². The molecular weight excluding hydrogens is 360 g/mol. The normalized spacial score (nSPS) is 27.2. The maximum atomic E-state index is 4.40. The highest BCUT2D eigenvalue weighted by Gasteiger charge is 2.23. The summed E-state index contributed by atoms with van der Waals surface area (Å²) in [5.41, 5.74) is 9.43. The van der Waals surface area contributed by atoms with Crippen molar-refractivity contribution < 1.29 is 0 Å². The van der Waals surface area contributed by atoms with Gasteiger partial charge in [-0.05, 0) is 53.0 Å². The standard InChI is InChI=1S/C30H32/c1-21(28-15-22(2)30-10-6-5-9-27(30)20-28)11-12-25-17-26-14-13-24(18-29(26)19-25)16-23-7-3-4-8-23/h5-6,9-10,13-15,17-20,23,29-30H,1-4,7-8,11-12,16H2. The van der Waals surface area contributed by atoms with Crippen LogP contribution in [0.15, 0.2) is 119 Å². The summed E-state index contributed by atoms with van der Waals surface area (Å²) < 4.78 is 0. The van der Waals surface area contributed by atoms with Crippen molar-refractivity contribution in [1.82, 2.24) is 0 Å². The number of hydrogen-bond acceptors (Lipinski definition) is 0. The van der Waals surface area contributed by atoms with Gasteiger partial charge in [-0.1, -0.05) is 117 Å². The largest absolute Gasteiger partial charge is 0.0952 e. The van der Waals surface area contributed by atoms with Gasteiger partial charge in [-0.25, -0.2) is 0 Å². The summed E-state index contributed by atoms with van der Waals surface area (Å²) in [6.45, 7) is 8.68. The summed E-state index contributed by atoms with van der Waals surface area (Å²) in [5.74, 6) is 1.75. The molecule has 5 aliphatic rings. The van der Waals surface area contributed by atoms with Crippen LogP contribution in [-0.4, -0.2) is 0 Å². The topological polar surface area (TPSA) is 0 Å². The molecule has 0 nitrogen and oxygen atoms in total. The lowest BCUT2D eigenvalue weighted by Crippen LogP contribution is -2.09. The first-order valence-corrected chi connectivity index (χ1v) is 11.6. The number of hydrogen-bond donors (Lipinski definition) is 0. The second-order valence-corrected chi connectivity index (χ2v) is 9.49. The Labute approximate surface area is 181 Å². The Morgan fingerprint density at radius 1 is 0.900 bits per heavy atom. The number of allylic oxidation sites excluding steroid dienone is 18. The lowest BCUT2D eigenvalue weighted by molar-refractivity contribution is 0.546. The van der Waals surface area contributed by atoms with E-state index in [1.807, 2.05) is 0 Å². The van der Waals surface area contributed by atoms with Crippen molar-refractivity contribution in [2.75, 3.05) is 0 Å². The van der Waals surface area contributed by atoms with Crippen molar-refractivity contribution in [2.45, 2.75) is 44.9 Å². The van der Waals surface area contributed by atoms with Crippen molar-refractivity contribution in [3.8, 4) is 0 Å². The van der Waals surface area contributed by atoms with Crippen LogP contribution in [-0.2, 0) is 0 Å². The third-order valence-electron chi connectivity index (χ3n) is 7.26. The third-order valence-corrected chi connectivity index (χ3v) is 7.26. The van der Waals surface area contributed by atoms with Crippen LogP contribution < -0.4 is 0 Å². The molecule has 2 atom stereocenters. The van der Waals surface area contributed by atoms with Crippen LogP contribution >= 0.6 is 0 Å². The first-order chi connectivity index (χ1) is 14.7. The molecule has 1 saturated carbocycles. The lowest BCUT2D eigenvalue weighted by Gasteiger charge is -2.24. The van der Waals surface area contributed by atoms with Crippen LogP contribution in [0.25, 0.3) is 0 Å². The Hall–Kier alpha value is -2.60. The molecule has 0 amide bonds. The third kappa shape index (κ3) is 4.01. The minimum Gasteiger partial charge on any atom is -0.0952 e. The van der Waals surface area contributed by atoms with Crippen LogP contribution in [0.2, 0.25) is 0 Å². The van der Waals surface area contributed by atoms with Crippen molar-refractivity contribution in [3.05, 3.63) is 119 Å². The van der Waals surface area contributed by atoms with E-state index in [2.05, 4.69) is 80.0 Å². The minimum atomic E-state index is 0.342. The molecule has 0 bridgehead atoms. The molecule has 0 N–H and O–H groups in total. The zero-order valence-electron chi connectivity index (χ0n) is 17.9. The van der Waals surface area contributed by atoms with Crippen molar-refractivity contribution in [3.63, 3.8) is 0 Å². The molecule has 30 heavy (non-hydrogen) atoms. The summed E-state index contributed by atoms with van der Waals surface area (Å²) in [4.78, 5) is 0. The molecule has 5 rings (SSSR count). The second kappa shape index (κ2) is 8.26. The minimum absolute atomic E-state index is 0.342. The zero-order chi connectivity index (χ0) is 20.5. The Morgan fingerprint density at radius 2 is 1.73 bits per heavy atom. The van der Waals surface area contributed by atoms with Crippen LogP contribution in [0.1, 0.15) is 44.9 Å². The van der Waals surface area contributed by atoms with Gasteiger partial charge in [0.25, 0.3) is 0 Å². The molecule has 152 valence electrons. The van der Waals surface area contributed by atoms with E-state index >= 15 is 0 Å². The monoisotopic (exact) mass is 392 g/mol. The quantitative estimate of drug-likeness (QED) is 0.429. The summed E-state index contributed by atoms with van der Waals surface area (Å²) >= 11 is 0. The van der Waals surface area contributed by atoms with Gasteiger partial charge in [0.05, 0.1) is 0 Å². The molecular formula is C30H32. The highest BCUT2D eigenvalue weighted by atomic mass is 14.3. The fourth-order valence-electron chi connectivity index (χ4n) is 5.50. The molecule has 1 fully saturated rings. The molecule has 2 unspecified atom stereocenters. The predicted octanol–water partition coefficient (Wildman–Crippen LogP) is 8.05. The number of fused-ring (bicyclic) bond motifs is 2. The van der Waals surface area contributed by atoms with Gasteiger partial charge in [0.1, 0.15) is 0 Å². The van der Waals surface area contributed by atoms with Gasteiger partial charge < -0.3 is 0 Å². The van der Waals surface area contributed by atoms with Crippen LogP contribution in [0.5, 0.6) is 0 Å². The molecule has 0 heterocycles. The second-order valence-electron chi connectivity index (χ2n) is 9.49. The summed E-state index contributed by atoms with van der Waals surface area (Å²) in [5, 5.41) is 0. The van der Waals surface area contributed by atoms with E-state index in [0.717, 1.165) is 18.8 Å². The van der Waals surface area contributed by atoms with Gasteiger partial charge in [0.2, 0.25) is 0 Å². The number of rotatable bonds is 6. The Balaban J connectivity index is 1.20. The van der Waals surface area contributed by atoms with E-state index in [4.69, 9.17) is 0 Å². The Bertz CT molecular complexity index is 1000. The zero-order valence-corrected chi connectivity index (χ0v) is 17.9. The summed E-state index contributed by atoms with van der Waals surface area (Å²) in [7, 11) is 0. The average molecular weight is 393 g/mol. The van der Waals surface area contributed by atoms with Crippen LogP contribution in [0, 0.1) is 17.8 Å². The smallest absolute Gasteiger partial charge is 0.0267 e. The molecule has 0 heteroatoms. The van der Waals surface area contributed by atoms with Crippen molar-refractivity contribution in [2.24, 2.45) is 17.8 Å². The Kier molecular flexibility index (Phi) is 5.34. The molecule has 0 spiro atoms. The molecule has 5 aliphatic carbocycles. The van der Waals surface area contributed by atoms with Crippen molar-refractivity contribution >= 4 is 0 Å². The lowest BCUT2D eigenvalue weighted by atomic mass is 9.80. The van der Waals surface area contributed by atoms with Gasteiger partial charge in [0.15, 0.2) is 0 Å². The maximum Gasteiger partial charge on any atom is 0.0267 e. The van der Waals surface area contributed by atoms with Crippen LogP contribution in [0.3, 0.4) is 0 Å². The van der Waals surface area contributed by atoms with E-state index in [9.17, 15) is 0 Å². The first kappa shape index (κ1) is 19.4. The highest BCUT2D eigenvalue weighted by Crippen LogP contribution is 2.38. The summed E-state index contributed by atoms with van der Waals surface area (Å²) in [6.07, 6.45) is 34.3. The van der Waals surface area contributed by atoms with E-state index in [1.165, 1.54) is 65.5 Å². The summed E-state index contributed by atoms with van der Waals surface area (Å²) in [6, 6.07) is 0. The van der Waals surface area contributed by atoms with Gasteiger partial charge in [-0.3, -0.25) is 0 Å². The van der Waals surface area contributed by atoms with E-state index < -0.39 is 0 Å². The van der Waals surface area contributed by atoms with Gasteiger partial charge >= 0.3 is 0 Å². The van der Waals surface area contributed by atoms with Crippen molar-refractivity contribution in [1.29, 1.82) is 0 Å². The molecule has 0 radical (unpaired) electrons. The van der Waals surface area contributed by atoms with E-state index in [0.29, 0.717) is 11.8 Å². The van der Waals surface area contributed by atoms with Crippen LogP contribution in [0.4, 0.5) is 0 Å². The average Bonchev–Trinajstić information content (AvgIpc) is 3.41. The molecule has 0 aliphatic heterocycles.